The number of ether oxygens (including phenoxy) is 3. The Balaban J connectivity index is 1.55. The van der Waals surface area contributed by atoms with Gasteiger partial charge >= 0.3 is 0 Å². The van der Waals surface area contributed by atoms with E-state index in [0.29, 0.717) is 23.4 Å². The molecule has 4 rings (SSSR count). The molecule has 5 nitrogen and oxygen atoms in total. The second-order valence-electron chi connectivity index (χ2n) is 7.09. The van der Waals surface area contributed by atoms with E-state index >= 15 is 0 Å². The molecule has 1 heterocycles. The first-order valence-electron chi connectivity index (χ1n) is 9.69. The molecule has 30 heavy (non-hydrogen) atoms. The highest BCUT2D eigenvalue weighted by Gasteiger charge is 2.19. The lowest BCUT2D eigenvalue weighted by atomic mass is 9.98. The fraction of sp³-hybridized carbons (Fsp3) is 0.208. The smallest absolute Gasteiger partial charge is 0.253 e. The number of halogens is 1. The molecule has 3 aromatic carbocycles. The number of fused-ring (bicyclic) bond motifs is 1. The van der Waals surface area contributed by atoms with Crippen LogP contribution in [0.3, 0.4) is 0 Å². The predicted molar refractivity (Wildman–Crippen MR) is 116 cm³/mol. The third-order valence-corrected chi connectivity index (χ3v) is 5.34. The second-order valence-corrected chi connectivity index (χ2v) is 7.50. The van der Waals surface area contributed by atoms with E-state index in [0.717, 1.165) is 28.4 Å². The summed E-state index contributed by atoms with van der Waals surface area (Å²) in [4.78, 5) is 12.9. The van der Waals surface area contributed by atoms with Crippen LogP contribution in [0.2, 0.25) is 5.02 Å². The number of hydrogen-bond donors (Lipinski definition) is 1. The van der Waals surface area contributed by atoms with Gasteiger partial charge in [0.2, 0.25) is 6.79 Å². The molecule has 1 unspecified atom stereocenters. The summed E-state index contributed by atoms with van der Waals surface area (Å²) < 4.78 is 16.1. The molecule has 1 N–H and O–H groups in total. The van der Waals surface area contributed by atoms with Crippen LogP contribution in [0.4, 0.5) is 0 Å². The predicted octanol–water partition coefficient (Wildman–Crippen LogP) is 4.66. The van der Waals surface area contributed by atoms with Crippen molar-refractivity contribution in [2.45, 2.75) is 18.9 Å². The van der Waals surface area contributed by atoms with E-state index in [1.807, 2.05) is 42.5 Å². The molecule has 0 spiro atoms. The van der Waals surface area contributed by atoms with Crippen molar-refractivity contribution >= 4 is 17.5 Å². The van der Waals surface area contributed by atoms with Crippen molar-refractivity contribution in [2.24, 2.45) is 0 Å². The molecule has 0 bridgehead atoms. The van der Waals surface area contributed by atoms with Crippen molar-refractivity contribution in [3.05, 3.63) is 88.4 Å². The number of rotatable bonds is 7. The maximum atomic E-state index is 12.9. The van der Waals surface area contributed by atoms with Crippen molar-refractivity contribution in [2.75, 3.05) is 13.9 Å². The quantitative estimate of drug-likeness (QED) is 0.600. The van der Waals surface area contributed by atoms with Gasteiger partial charge in [-0.3, -0.25) is 4.79 Å². The number of benzene rings is 3. The van der Waals surface area contributed by atoms with E-state index in [-0.39, 0.29) is 18.7 Å². The van der Waals surface area contributed by atoms with E-state index in [1.54, 1.807) is 31.4 Å². The Kier molecular flexibility index (Phi) is 6.10. The van der Waals surface area contributed by atoms with Gasteiger partial charge in [-0.05, 0) is 60.4 Å². The van der Waals surface area contributed by atoms with Crippen LogP contribution in [-0.4, -0.2) is 25.9 Å². The molecule has 0 saturated heterocycles. The van der Waals surface area contributed by atoms with Gasteiger partial charge in [-0.1, -0.05) is 41.9 Å². The molecule has 0 aromatic heterocycles. The largest absolute Gasteiger partial charge is 0.497 e. The average molecular weight is 424 g/mol. The topological polar surface area (TPSA) is 56.8 Å². The second kappa shape index (κ2) is 9.09. The van der Waals surface area contributed by atoms with Crippen molar-refractivity contribution in [1.82, 2.24) is 5.32 Å². The van der Waals surface area contributed by atoms with Crippen LogP contribution in [0.1, 0.15) is 21.5 Å². The van der Waals surface area contributed by atoms with E-state index in [1.165, 1.54) is 0 Å². The Hall–Kier alpha value is -3.18. The molecule has 0 fully saturated rings. The molecule has 1 aliphatic rings. The maximum absolute atomic E-state index is 12.9. The van der Waals surface area contributed by atoms with Crippen LogP contribution in [-0.2, 0) is 12.8 Å². The number of hydrogen-bond acceptors (Lipinski definition) is 4. The number of methoxy groups -OCH3 is 1. The van der Waals surface area contributed by atoms with E-state index in [2.05, 4.69) is 5.32 Å². The molecule has 0 aliphatic carbocycles. The van der Waals surface area contributed by atoms with Gasteiger partial charge in [0.1, 0.15) is 5.75 Å². The molecule has 0 saturated carbocycles. The Morgan fingerprint density at radius 2 is 1.70 bits per heavy atom. The molecule has 6 heteroatoms. The van der Waals surface area contributed by atoms with Crippen LogP contribution in [0.15, 0.2) is 66.7 Å². The fourth-order valence-corrected chi connectivity index (χ4v) is 3.70. The SMILES string of the molecule is COc1ccc(CC(Cc2ccc3c(c2)OCO3)NC(=O)c2ccccc2Cl)cc1. The molecular weight excluding hydrogens is 402 g/mol. The minimum absolute atomic E-state index is 0.137. The Morgan fingerprint density at radius 1 is 1.00 bits per heavy atom. The summed E-state index contributed by atoms with van der Waals surface area (Å²) in [5.74, 6) is 2.07. The zero-order chi connectivity index (χ0) is 20.9. The van der Waals surface area contributed by atoms with Crippen LogP contribution in [0, 0.1) is 0 Å². The Morgan fingerprint density at radius 3 is 2.47 bits per heavy atom. The highest BCUT2D eigenvalue weighted by molar-refractivity contribution is 6.33. The van der Waals surface area contributed by atoms with Gasteiger partial charge < -0.3 is 19.5 Å². The average Bonchev–Trinajstić information content (AvgIpc) is 3.22. The van der Waals surface area contributed by atoms with Gasteiger partial charge in [-0.2, -0.15) is 0 Å². The lowest BCUT2D eigenvalue weighted by molar-refractivity contribution is 0.0937. The summed E-state index contributed by atoms with van der Waals surface area (Å²) in [6, 6.07) is 20.6. The lowest BCUT2D eigenvalue weighted by Crippen LogP contribution is -2.38. The Bertz CT molecular complexity index is 1040. The minimum Gasteiger partial charge on any atom is -0.497 e. The summed E-state index contributed by atoms with van der Waals surface area (Å²) in [5.41, 5.74) is 2.61. The number of nitrogens with one attached hydrogen (secondary N) is 1. The first-order chi connectivity index (χ1) is 14.6. The van der Waals surface area contributed by atoms with Crippen LogP contribution < -0.4 is 19.5 Å². The number of carbonyl (C=O) groups is 1. The van der Waals surface area contributed by atoms with E-state index in [4.69, 9.17) is 25.8 Å². The standard InChI is InChI=1S/C24H22ClNO4/c1-28-19-9-6-16(7-10-19)12-18(26-24(27)20-4-2-3-5-21(20)25)13-17-8-11-22-23(14-17)30-15-29-22/h2-11,14,18H,12-13,15H2,1H3,(H,26,27). The molecule has 1 atom stereocenters. The van der Waals surface area contributed by atoms with Crippen LogP contribution in [0.5, 0.6) is 17.2 Å². The zero-order valence-electron chi connectivity index (χ0n) is 16.6. The Labute approximate surface area is 180 Å². The first-order valence-corrected chi connectivity index (χ1v) is 10.1. The first kappa shape index (κ1) is 20.1. The molecule has 154 valence electrons. The van der Waals surface area contributed by atoms with Gasteiger partial charge in [-0.25, -0.2) is 0 Å². The van der Waals surface area contributed by atoms with Gasteiger partial charge in [-0.15, -0.1) is 0 Å². The molecule has 0 radical (unpaired) electrons. The molecule has 1 amide bonds. The van der Waals surface area contributed by atoms with E-state index < -0.39 is 0 Å². The van der Waals surface area contributed by atoms with Gasteiger partial charge in [0.25, 0.3) is 5.91 Å². The lowest BCUT2D eigenvalue weighted by Gasteiger charge is -2.20. The normalized spacial score (nSPS) is 13.0. The third-order valence-electron chi connectivity index (χ3n) is 5.01. The van der Waals surface area contributed by atoms with Crippen molar-refractivity contribution in [3.8, 4) is 17.2 Å². The summed E-state index contributed by atoms with van der Waals surface area (Å²) in [6.07, 6.45) is 1.30. The molecule has 1 aliphatic heterocycles. The van der Waals surface area contributed by atoms with Gasteiger partial charge in [0, 0.05) is 6.04 Å². The summed E-state index contributed by atoms with van der Waals surface area (Å²) in [7, 11) is 1.64. The minimum atomic E-state index is -0.195. The number of amides is 1. The summed E-state index contributed by atoms with van der Waals surface area (Å²) in [5, 5.41) is 3.57. The zero-order valence-corrected chi connectivity index (χ0v) is 17.3. The maximum Gasteiger partial charge on any atom is 0.253 e. The van der Waals surface area contributed by atoms with Crippen molar-refractivity contribution in [1.29, 1.82) is 0 Å². The number of carbonyl (C=O) groups excluding carboxylic acids is 1. The van der Waals surface area contributed by atoms with Crippen LogP contribution in [0.25, 0.3) is 0 Å². The highest BCUT2D eigenvalue weighted by atomic mass is 35.5. The van der Waals surface area contributed by atoms with Crippen molar-refractivity contribution in [3.63, 3.8) is 0 Å². The monoisotopic (exact) mass is 423 g/mol. The van der Waals surface area contributed by atoms with Crippen LogP contribution >= 0.6 is 11.6 Å². The summed E-state index contributed by atoms with van der Waals surface area (Å²) in [6.45, 7) is 0.233. The molecular formula is C24H22ClNO4. The van der Waals surface area contributed by atoms with E-state index in [9.17, 15) is 4.79 Å². The third kappa shape index (κ3) is 4.69. The highest BCUT2D eigenvalue weighted by Crippen LogP contribution is 2.33. The molecule has 3 aromatic rings. The fourth-order valence-electron chi connectivity index (χ4n) is 3.48. The summed E-state index contributed by atoms with van der Waals surface area (Å²) >= 11 is 6.22. The van der Waals surface area contributed by atoms with Gasteiger partial charge in [0.05, 0.1) is 17.7 Å². The van der Waals surface area contributed by atoms with Gasteiger partial charge in [0.15, 0.2) is 11.5 Å². The van der Waals surface area contributed by atoms with Crippen molar-refractivity contribution < 1.29 is 19.0 Å².